The molecule has 35 heavy (non-hydrogen) atoms. The van der Waals surface area contributed by atoms with Gasteiger partial charge in [0, 0.05) is 55.9 Å². The Hall–Kier alpha value is -4.15. The second-order valence-corrected chi connectivity index (χ2v) is 9.52. The fraction of sp³-hybridized carbons (Fsp3) is 0.250. The molecule has 1 fully saturated rings. The van der Waals surface area contributed by atoms with Crippen molar-refractivity contribution in [1.82, 2.24) is 23.9 Å². The molecule has 4 aromatic rings. The number of likely N-dealkylation sites (tertiary alicyclic amines) is 1. The first-order valence-electron chi connectivity index (χ1n) is 11.9. The van der Waals surface area contributed by atoms with Gasteiger partial charge in [0.15, 0.2) is 5.82 Å². The van der Waals surface area contributed by atoms with Crippen LogP contribution in [-0.4, -0.2) is 63.1 Å². The van der Waals surface area contributed by atoms with Crippen LogP contribution < -0.4 is 0 Å². The molecule has 1 atom stereocenters. The third-order valence-corrected chi connectivity index (χ3v) is 7.27. The SMILES string of the molecule is CN1CC[C@@H](N(C)C(=O)c2ccc3c(c2)Cn2cc(-c4ccc(C#N)cc4)cc2-c2nccn2-3)C1. The summed E-state index contributed by atoms with van der Waals surface area (Å²) < 4.78 is 4.29. The van der Waals surface area contributed by atoms with E-state index in [-0.39, 0.29) is 11.9 Å². The summed E-state index contributed by atoms with van der Waals surface area (Å²) in [5.41, 5.74) is 6.61. The molecule has 7 nitrogen and oxygen atoms in total. The molecule has 1 amide bonds. The second-order valence-electron chi connectivity index (χ2n) is 9.52. The molecule has 174 valence electrons. The summed E-state index contributed by atoms with van der Waals surface area (Å²) in [6.45, 7) is 2.57. The highest BCUT2D eigenvalue weighted by Gasteiger charge is 2.28. The van der Waals surface area contributed by atoms with E-state index in [4.69, 9.17) is 5.26 Å². The van der Waals surface area contributed by atoms with Crippen molar-refractivity contribution >= 4 is 5.91 Å². The lowest BCUT2D eigenvalue weighted by Gasteiger charge is -2.25. The van der Waals surface area contributed by atoms with Crippen molar-refractivity contribution in [1.29, 1.82) is 5.26 Å². The minimum Gasteiger partial charge on any atom is -0.340 e. The highest BCUT2D eigenvalue weighted by Crippen LogP contribution is 2.34. The Morgan fingerprint density at radius 3 is 2.71 bits per heavy atom. The van der Waals surface area contributed by atoms with Crippen molar-refractivity contribution in [3.63, 3.8) is 0 Å². The molecule has 6 rings (SSSR count). The average molecular weight is 463 g/mol. The molecule has 1 saturated heterocycles. The van der Waals surface area contributed by atoms with Crippen LogP contribution in [0.2, 0.25) is 0 Å². The lowest BCUT2D eigenvalue weighted by molar-refractivity contribution is 0.0737. The fourth-order valence-corrected chi connectivity index (χ4v) is 5.27. The molecule has 0 spiro atoms. The minimum atomic E-state index is 0.0641. The number of imidazole rings is 1. The molecule has 0 unspecified atom stereocenters. The minimum absolute atomic E-state index is 0.0641. The summed E-state index contributed by atoms with van der Waals surface area (Å²) in [7, 11) is 4.02. The van der Waals surface area contributed by atoms with Gasteiger partial charge in [0.25, 0.3) is 5.91 Å². The number of carbonyl (C=O) groups excluding carboxylic acids is 1. The number of nitriles is 1. The van der Waals surface area contributed by atoms with Gasteiger partial charge in [-0.05, 0) is 67.5 Å². The van der Waals surface area contributed by atoms with Gasteiger partial charge in [-0.1, -0.05) is 12.1 Å². The first-order chi connectivity index (χ1) is 17.0. The summed E-state index contributed by atoms with van der Waals surface area (Å²) in [6, 6.07) is 18.2. The van der Waals surface area contributed by atoms with Crippen LogP contribution in [0.3, 0.4) is 0 Å². The van der Waals surface area contributed by atoms with Gasteiger partial charge in [0.05, 0.1) is 23.0 Å². The van der Waals surface area contributed by atoms with Gasteiger partial charge in [-0.3, -0.25) is 9.36 Å². The molecule has 2 aromatic carbocycles. The van der Waals surface area contributed by atoms with E-state index in [0.717, 1.165) is 53.4 Å². The summed E-state index contributed by atoms with van der Waals surface area (Å²) >= 11 is 0. The van der Waals surface area contributed by atoms with E-state index in [1.807, 2.05) is 66.8 Å². The zero-order chi connectivity index (χ0) is 24.1. The van der Waals surface area contributed by atoms with Crippen molar-refractivity contribution in [2.24, 2.45) is 0 Å². The number of hydrogen-bond acceptors (Lipinski definition) is 4. The zero-order valence-electron chi connectivity index (χ0n) is 19.8. The first-order valence-corrected chi connectivity index (χ1v) is 11.9. The molecule has 0 radical (unpaired) electrons. The van der Waals surface area contributed by atoms with Crippen molar-refractivity contribution in [3.05, 3.63) is 83.8 Å². The smallest absolute Gasteiger partial charge is 0.253 e. The number of fused-ring (bicyclic) bond motifs is 5. The summed E-state index contributed by atoms with van der Waals surface area (Å²) in [5, 5.41) is 9.12. The quantitative estimate of drug-likeness (QED) is 0.406. The maximum Gasteiger partial charge on any atom is 0.253 e. The number of nitrogens with zero attached hydrogens (tertiary/aromatic N) is 6. The highest BCUT2D eigenvalue weighted by atomic mass is 16.2. The topological polar surface area (TPSA) is 70.1 Å². The van der Waals surface area contributed by atoms with Gasteiger partial charge in [-0.2, -0.15) is 5.26 Å². The van der Waals surface area contributed by atoms with Crippen molar-refractivity contribution in [2.45, 2.75) is 19.0 Å². The molecule has 2 aliphatic heterocycles. The number of benzene rings is 2. The molecule has 0 aliphatic carbocycles. The van der Waals surface area contributed by atoms with Crippen LogP contribution in [0.1, 0.15) is 27.9 Å². The van der Waals surface area contributed by atoms with Gasteiger partial charge < -0.3 is 14.4 Å². The van der Waals surface area contributed by atoms with Crippen LogP contribution in [0.4, 0.5) is 0 Å². The van der Waals surface area contributed by atoms with Crippen LogP contribution in [0.5, 0.6) is 0 Å². The van der Waals surface area contributed by atoms with Crippen LogP contribution in [0.25, 0.3) is 28.3 Å². The molecule has 0 bridgehead atoms. The normalized spacial score (nSPS) is 16.7. The van der Waals surface area contributed by atoms with E-state index in [1.54, 1.807) is 0 Å². The zero-order valence-corrected chi connectivity index (χ0v) is 19.8. The average Bonchev–Trinajstić information content (AvgIpc) is 3.62. The molecule has 4 heterocycles. The maximum absolute atomic E-state index is 13.4. The summed E-state index contributed by atoms with van der Waals surface area (Å²) in [4.78, 5) is 22.2. The van der Waals surface area contributed by atoms with Crippen molar-refractivity contribution in [3.8, 4) is 34.4 Å². The Labute approximate surface area is 204 Å². The molecule has 0 saturated carbocycles. The monoisotopic (exact) mass is 462 g/mol. The number of rotatable bonds is 3. The Morgan fingerprint density at radius 1 is 1.14 bits per heavy atom. The van der Waals surface area contributed by atoms with Crippen LogP contribution in [0, 0.1) is 11.3 Å². The number of amides is 1. The lowest BCUT2D eigenvalue weighted by atomic mass is 10.1. The number of hydrogen-bond donors (Lipinski definition) is 0. The van der Waals surface area contributed by atoms with Gasteiger partial charge >= 0.3 is 0 Å². The van der Waals surface area contributed by atoms with Gasteiger partial charge in [-0.25, -0.2) is 4.98 Å². The Kier molecular flexibility index (Phi) is 5.05. The largest absolute Gasteiger partial charge is 0.340 e. The molecule has 2 aliphatic rings. The third-order valence-electron chi connectivity index (χ3n) is 7.27. The van der Waals surface area contributed by atoms with E-state index in [9.17, 15) is 4.79 Å². The van der Waals surface area contributed by atoms with Gasteiger partial charge in [0.1, 0.15) is 0 Å². The van der Waals surface area contributed by atoms with E-state index < -0.39 is 0 Å². The Bertz CT molecular complexity index is 1470. The Morgan fingerprint density at radius 2 is 1.97 bits per heavy atom. The van der Waals surface area contributed by atoms with Gasteiger partial charge in [-0.15, -0.1) is 0 Å². The molecular formula is C28H26N6O. The van der Waals surface area contributed by atoms with Crippen molar-refractivity contribution in [2.75, 3.05) is 27.2 Å². The van der Waals surface area contributed by atoms with E-state index >= 15 is 0 Å². The van der Waals surface area contributed by atoms with Gasteiger partial charge in [0.2, 0.25) is 0 Å². The number of aromatic nitrogens is 3. The third kappa shape index (κ3) is 3.63. The summed E-state index contributed by atoms with van der Waals surface area (Å²) in [5.74, 6) is 0.933. The Balaban J connectivity index is 1.37. The molecule has 7 heteroatoms. The number of carbonyl (C=O) groups is 1. The van der Waals surface area contributed by atoms with E-state index in [2.05, 4.69) is 44.4 Å². The molecular weight excluding hydrogens is 436 g/mol. The van der Waals surface area contributed by atoms with Crippen LogP contribution in [0.15, 0.2) is 67.1 Å². The predicted octanol–water partition coefficient (Wildman–Crippen LogP) is 4.02. The van der Waals surface area contributed by atoms with E-state index in [0.29, 0.717) is 17.7 Å². The number of likely N-dealkylation sites (N-methyl/N-ethyl adjacent to an activating group) is 2. The van der Waals surface area contributed by atoms with Crippen LogP contribution in [-0.2, 0) is 6.54 Å². The highest BCUT2D eigenvalue weighted by molar-refractivity contribution is 5.95. The standard InChI is InChI=1S/C28H26N6O/c1-31-11-9-24(18-31)32(2)28(35)21-7-8-25-23(13-21)17-33-16-22(20-5-3-19(15-29)4-6-20)14-26(33)27-30-10-12-34(25)27/h3-8,10,12-14,16,24H,9,11,17-18H2,1-2H3/t24-/m1/s1. The molecule has 0 N–H and O–H groups in total. The summed E-state index contributed by atoms with van der Waals surface area (Å²) in [6.07, 6.45) is 6.92. The fourth-order valence-electron chi connectivity index (χ4n) is 5.27. The van der Waals surface area contributed by atoms with Crippen molar-refractivity contribution < 1.29 is 4.79 Å². The maximum atomic E-state index is 13.4. The molecule has 2 aromatic heterocycles. The second kappa shape index (κ2) is 8.26. The lowest BCUT2D eigenvalue weighted by Crippen LogP contribution is -2.38. The first kappa shape index (κ1) is 21.4. The van der Waals surface area contributed by atoms with E-state index in [1.165, 1.54) is 0 Å². The predicted molar refractivity (Wildman–Crippen MR) is 134 cm³/mol. The van der Waals surface area contributed by atoms with Crippen LogP contribution >= 0.6 is 0 Å².